The summed E-state index contributed by atoms with van der Waals surface area (Å²) >= 11 is 0. The van der Waals surface area contributed by atoms with Crippen LogP contribution in [0.2, 0.25) is 0 Å². The fourth-order valence-corrected chi connectivity index (χ4v) is 0.861. The van der Waals surface area contributed by atoms with Crippen molar-refractivity contribution in [3.8, 4) is 0 Å². The van der Waals surface area contributed by atoms with Crippen molar-refractivity contribution in [2.24, 2.45) is 0 Å². The highest BCUT2D eigenvalue weighted by molar-refractivity contribution is 5.13. The summed E-state index contributed by atoms with van der Waals surface area (Å²) in [6.45, 7) is 3.76. The average Bonchev–Trinajstić information content (AvgIpc) is 1.95. The highest BCUT2D eigenvalue weighted by Crippen LogP contribution is 1.95. The van der Waals surface area contributed by atoms with Gasteiger partial charge in [-0.15, -0.1) is 0 Å². The van der Waals surface area contributed by atoms with Gasteiger partial charge in [-0.2, -0.15) is 0 Å². The molecule has 0 saturated carbocycles. The van der Waals surface area contributed by atoms with Crippen LogP contribution in [-0.4, -0.2) is 9.97 Å². The Morgan fingerprint density at radius 2 is 2.40 bits per heavy atom. The van der Waals surface area contributed by atoms with Gasteiger partial charge in [0.2, 0.25) is 0 Å². The molecule has 3 heteroatoms. The van der Waals surface area contributed by atoms with Crippen molar-refractivity contribution < 1.29 is 0 Å². The van der Waals surface area contributed by atoms with Gasteiger partial charge in [0.1, 0.15) is 0 Å². The van der Waals surface area contributed by atoms with Crippen LogP contribution in [0.15, 0.2) is 11.1 Å². The summed E-state index contributed by atoms with van der Waals surface area (Å²) in [5, 5.41) is 0. The van der Waals surface area contributed by atoms with Crippen LogP contribution >= 0.6 is 0 Å². The topological polar surface area (TPSA) is 45.8 Å². The first-order valence-electron chi connectivity index (χ1n) is 3.29. The SMILES string of the molecule is CCc1nc[nH]c(=O)c1C. The van der Waals surface area contributed by atoms with Gasteiger partial charge in [-0.25, -0.2) is 4.98 Å². The molecule has 0 aromatic carbocycles. The number of aromatic nitrogens is 2. The summed E-state index contributed by atoms with van der Waals surface area (Å²) in [4.78, 5) is 17.4. The van der Waals surface area contributed by atoms with Crippen molar-refractivity contribution >= 4 is 0 Å². The van der Waals surface area contributed by atoms with Crippen molar-refractivity contribution in [1.29, 1.82) is 0 Å². The van der Waals surface area contributed by atoms with Crippen molar-refractivity contribution in [1.82, 2.24) is 9.97 Å². The first-order chi connectivity index (χ1) is 4.75. The number of hydrogen-bond donors (Lipinski definition) is 1. The highest BCUT2D eigenvalue weighted by Gasteiger charge is 1.98. The lowest BCUT2D eigenvalue weighted by Gasteiger charge is -1.96. The Morgan fingerprint density at radius 1 is 1.70 bits per heavy atom. The smallest absolute Gasteiger partial charge is 0.253 e. The molecule has 0 radical (unpaired) electrons. The van der Waals surface area contributed by atoms with E-state index >= 15 is 0 Å². The third kappa shape index (κ3) is 1.07. The molecule has 0 aliphatic heterocycles. The van der Waals surface area contributed by atoms with Crippen LogP contribution in [0, 0.1) is 6.92 Å². The zero-order valence-corrected chi connectivity index (χ0v) is 6.14. The summed E-state index contributed by atoms with van der Waals surface area (Å²) in [5.41, 5.74) is 1.57. The molecule has 0 aliphatic carbocycles. The number of nitrogens with zero attached hydrogens (tertiary/aromatic N) is 1. The summed E-state index contributed by atoms with van der Waals surface area (Å²) in [5.74, 6) is 0. The maximum absolute atomic E-state index is 10.9. The standard InChI is InChI=1S/C7H10N2O/c1-3-6-5(2)7(10)9-4-8-6/h4H,3H2,1-2H3,(H,8,9,10). The van der Waals surface area contributed by atoms with Crippen molar-refractivity contribution in [3.63, 3.8) is 0 Å². The minimum atomic E-state index is -0.0353. The summed E-state index contributed by atoms with van der Waals surface area (Å²) < 4.78 is 0. The number of rotatable bonds is 1. The molecule has 54 valence electrons. The Balaban J connectivity index is 3.28. The fourth-order valence-electron chi connectivity index (χ4n) is 0.861. The molecule has 3 nitrogen and oxygen atoms in total. The monoisotopic (exact) mass is 138 g/mol. The molecule has 1 rings (SSSR count). The lowest BCUT2D eigenvalue weighted by atomic mass is 10.2. The number of nitrogens with one attached hydrogen (secondary N) is 1. The molecule has 1 aromatic heterocycles. The zero-order chi connectivity index (χ0) is 7.56. The van der Waals surface area contributed by atoms with Crippen LogP contribution in [-0.2, 0) is 6.42 Å². The van der Waals surface area contributed by atoms with Gasteiger partial charge >= 0.3 is 0 Å². The molecule has 1 aromatic rings. The minimum Gasteiger partial charge on any atom is -0.313 e. The highest BCUT2D eigenvalue weighted by atomic mass is 16.1. The molecule has 0 fully saturated rings. The molecule has 1 N–H and O–H groups in total. The van der Waals surface area contributed by atoms with Crippen LogP contribution in [0.1, 0.15) is 18.2 Å². The molecular formula is C7H10N2O. The molecule has 10 heavy (non-hydrogen) atoms. The third-order valence-electron chi connectivity index (χ3n) is 1.52. The van der Waals surface area contributed by atoms with Crippen LogP contribution in [0.3, 0.4) is 0 Å². The first-order valence-corrected chi connectivity index (χ1v) is 3.29. The van der Waals surface area contributed by atoms with Gasteiger partial charge < -0.3 is 4.98 Å². The number of H-pyrrole nitrogens is 1. The molecular weight excluding hydrogens is 128 g/mol. The first kappa shape index (κ1) is 6.99. The van der Waals surface area contributed by atoms with Crippen LogP contribution in [0.5, 0.6) is 0 Å². The molecule has 0 saturated heterocycles. The van der Waals surface area contributed by atoms with Gasteiger partial charge in [-0.05, 0) is 13.3 Å². The second-order valence-electron chi connectivity index (χ2n) is 2.16. The van der Waals surface area contributed by atoms with Crippen LogP contribution in [0.4, 0.5) is 0 Å². The maximum Gasteiger partial charge on any atom is 0.253 e. The Hall–Kier alpha value is -1.12. The van der Waals surface area contributed by atoms with E-state index in [1.807, 2.05) is 6.92 Å². The molecule has 0 aliphatic rings. The normalized spacial score (nSPS) is 9.80. The van der Waals surface area contributed by atoms with Crippen LogP contribution < -0.4 is 5.56 Å². The van der Waals surface area contributed by atoms with Gasteiger partial charge in [-0.3, -0.25) is 4.79 Å². The Kier molecular flexibility index (Phi) is 1.85. The fraction of sp³-hybridized carbons (Fsp3) is 0.429. The van der Waals surface area contributed by atoms with E-state index in [4.69, 9.17) is 0 Å². The quantitative estimate of drug-likeness (QED) is 0.619. The van der Waals surface area contributed by atoms with E-state index in [1.54, 1.807) is 6.92 Å². The zero-order valence-electron chi connectivity index (χ0n) is 6.14. The summed E-state index contributed by atoms with van der Waals surface area (Å²) in [6.07, 6.45) is 2.25. The Bertz CT molecular complexity index is 277. The lowest BCUT2D eigenvalue weighted by molar-refractivity contribution is 0.947. The second-order valence-corrected chi connectivity index (χ2v) is 2.16. The maximum atomic E-state index is 10.9. The van der Waals surface area contributed by atoms with Crippen molar-refractivity contribution in [2.45, 2.75) is 20.3 Å². The minimum absolute atomic E-state index is 0.0353. The van der Waals surface area contributed by atoms with Crippen molar-refractivity contribution in [3.05, 3.63) is 27.9 Å². The van der Waals surface area contributed by atoms with Gasteiger partial charge in [0, 0.05) is 5.56 Å². The predicted octanol–water partition coefficient (Wildman–Crippen LogP) is 0.641. The third-order valence-corrected chi connectivity index (χ3v) is 1.52. The lowest BCUT2D eigenvalue weighted by Crippen LogP contribution is -2.12. The molecule has 0 bridgehead atoms. The van der Waals surface area contributed by atoms with E-state index in [0.29, 0.717) is 0 Å². The van der Waals surface area contributed by atoms with Gasteiger partial charge in [0.15, 0.2) is 0 Å². The molecule has 1 heterocycles. The van der Waals surface area contributed by atoms with E-state index in [9.17, 15) is 4.79 Å². The predicted molar refractivity (Wildman–Crippen MR) is 39.0 cm³/mol. The molecule has 0 unspecified atom stereocenters. The van der Waals surface area contributed by atoms with E-state index < -0.39 is 0 Å². The number of hydrogen-bond acceptors (Lipinski definition) is 2. The number of aromatic amines is 1. The largest absolute Gasteiger partial charge is 0.313 e. The number of aryl methyl sites for hydroxylation is 1. The van der Waals surface area contributed by atoms with Gasteiger partial charge in [-0.1, -0.05) is 6.92 Å². The van der Waals surface area contributed by atoms with E-state index in [-0.39, 0.29) is 5.56 Å². The average molecular weight is 138 g/mol. The Morgan fingerprint density at radius 3 is 2.90 bits per heavy atom. The van der Waals surface area contributed by atoms with E-state index in [2.05, 4.69) is 9.97 Å². The Labute approximate surface area is 59.1 Å². The van der Waals surface area contributed by atoms with E-state index in [1.165, 1.54) is 6.33 Å². The summed E-state index contributed by atoms with van der Waals surface area (Å²) in [6, 6.07) is 0. The molecule has 0 spiro atoms. The second kappa shape index (κ2) is 2.64. The van der Waals surface area contributed by atoms with E-state index in [0.717, 1.165) is 17.7 Å². The molecule has 0 atom stereocenters. The van der Waals surface area contributed by atoms with Gasteiger partial charge in [0.05, 0.1) is 12.0 Å². The van der Waals surface area contributed by atoms with Gasteiger partial charge in [0.25, 0.3) is 5.56 Å². The van der Waals surface area contributed by atoms with Crippen molar-refractivity contribution in [2.75, 3.05) is 0 Å². The van der Waals surface area contributed by atoms with Crippen LogP contribution in [0.25, 0.3) is 0 Å². The molecule has 0 amide bonds. The summed E-state index contributed by atoms with van der Waals surface area (Å²) in [7, 11) is 0.